The number of carbonyl (C=O) groups excluding carboxylic acids is 2. The summed E-state index contributed by atoms with van der Waals surface area (Å²) in [6.45, 7) is 0. The van der Waals surface area contributed by atoms with Crippen molar-refractivity contribution < 1.29 is 22.8 Å². The maximum absolute atomic E-state index is 12.9. The Hall–Kier alpha value is -2.34. The number of anilines is 1. The van der Waals surface area contributed by atoms with Gasteiger partial charge in [0.05, 0.1) is 21.8 Å². The fraction of sp³-hybridized carbons (Fsp3) is 0.0667. The van der Waals surface area contributed by atoms with Crippen molar-refractivity contribution in [1.29, 1.82) is 0 Å². The van der Waals surface area contributed by atoms with Gasteiger partial charge >= 0.3 is 6.18 Å². The van der Waals surface area contributed by atoms with Crippen LogP contribution in [0, 0.1) is 0 Å². The van der Waals surface area contributed by atoms with E-state index in [1.807, 2.05) is 0 Å². The Kier molecular flexibility index (Phi) is 3.21. The Bertz CT molecular complexity index is 815. The molecule has 1 aliphatic heterocycles. The van der Waals surface area contributed by atoms with Crippen LogP contribution >= 0.6 is 11.6 Å². The number of amides is 1. The molecule has 7 heteroatoms. The Morgan fingerprint density at radius 1 is 0.955 bits per heavy atom. The summed E-state index contributed by atoms with van der Waals surface area (Å²) in [5, 5.41) is 1.98. The molecule has 112 valence electrons. The largest absolute Gasteiger partial charge is 0.417 e. The summed E-state index contributed by atoms with van der Waals surface area (Å²) < 4.78 is 38.7. The van der Waals surface area contributed by atoms with Crippen LogP contribution in [-0.4, -0.2) is 11.7 Å². The molecule has 0 saturated heterocycles. The van der Waals surface area contributed by atoms with Crippen LogP contribution in [0.3, 0.4) is 0 Å². The molecule has 0 saturated carbocycles. The molecular formula is C15H7ClF3NO2. The highest BCUT2D eigenvalue weighted by Crippen LogP contribution is 2.38. The van der Waals surface area contributed by atoms with Gasteiger partial charge < -0.3 is 5.32 Å². The van der Waals surface area contributed by atoms with Crippen molar-refractivity contribution in [2.45, 2.75) is 6.18 Å². The third-order valence-electron chi connectivity index (χ3n) is 3.32. The summed E-state index contributed by atoms with van der Waals surface area (Å²) >= 11 is 5.58. The zero-order valence-electron chi connectivity index (χ0n) is 10.8. The molecule has 1 amide bonds. The number of nitrogens with one attached hydrogen (secondary N) is 1. The van der Waals surface area contributed by atoms with E-state index in [1.54, 1.807) is 0 Å². The number of rotatable bonds is 1. The van der Waals surface area contributed by atoms with Crippen LogP contribution in [0.25, 0.3) is 11.1 Å². The summed E-state index contributed by atoms with van der Waals surface area (Å²) in [6.07, 6.45) is -4.57. The van der Waals surface area contributed by atoms with Crippen molar-refractivity contribution in [2.24, 2.45) is 0 Å². The standard InChI is InChI=1S/C15H7ClF3NO2/c16-11-3-1-8(6-10(11)15(17,18)19)7-2-4-12-9(5-7)13(21)14(22)20-12/h1-6H,(H,20,21,22). The van der Waals surface area contributed by atoms with Crippen LogP contribution in [0.1, 0.15) is 15.9 Å². The van der Waals surface area contributed by atoms with Gasteiger partial charge in [0.25, 0.3) is 11.7 Å². The molecule has 0 spiro atoms. The molecule has 0 aliphatic carbocycles. The third kappa shape index (κ3) is 2.35. The number of hydrogen-bond donors (Lipinski definition) is 1. The highest BCUT2D eigenvalue weighted by atomic mass is 35.5. The molecule has 0 atom stereocenters. The van der Waals surface area contributed by atoms with E-state index < -0.39 is 28.5 Å². The van der Waals surface area contributed by atoms with E-state index in [0.29, 0.717) is 11.3 Å². The zero-order valence-corrected chi connectivity index (χ0v) is 11.5. The normalized spacial score (nSPS) is 14.0. The minimum Gasteiger partial charge on any atom is -0.318 e. The first kappa shape index (κ1) is 14.6. The molecule has 0 bridgehead atoms. The SMILES string of the molecule is O=C1Nc2ccc(-c3ccc(Cl)c(C(F)(F)F)c3)cc2C1=O. The van der Waals surface area contributed by atoms with E-state index in [-0.39, 0.29) is 11.1 Å². The van der Waals surface area contributed by atoms with Gasteiger partial charge in [0.15, 0.2) is 0 Å². The molecule has 3 rings (SSSR count). The number of fused-ring (bicyclic) bond motifs is 1. The van der Waals surface area contributed by atoms with E-state index in [9.17, 15) is 22.8 Å². The molecule has 0 aromatic heterocycles. The van der Waals surface area contributed by atoms with Gasteiger partial charge in [-0.2, -0.15) is 13.2 Å². The molecule has 0 unspecified atom stereocenters. The van der Waals surface area contributed by atoms with Crippen molar-refractivity contribution in [3.05, 3.63) is 52.5 Å². The number of halogens is 4. The van der Waals surface area contributed by atoms with Crippen LogP contribution < -0.4 is 5.32 Å². The molecule has 1 N–H and O–H groups in total. The van der Waals surface area contributed by atoms with Gasteiger partial charge in [-0.15, -0.1) is 0 Å². The molecule has 3 nitrogen and oxygen atoms in total. The minimum atomic E-state index is -4.57. The van der Waals surface area contributed by atoms with Crippen LogP contribution in [0.4, 0.5) is 18.9 Å². The fourth-order valence-electron chi connectivity index (χ4n) is 2.24. The monoisotopic (exact) mass is 325 g/mol. The summed E-state index contributed by atoms with van der Waals surface area (Å²) in [7, 11) is 0. The number of ketones is 1. The Morgan fingerprint density at radius 3 is 2.27 bits per heavy atom. The number of benzene rings is 2. The summed E-state index contributed by atoms with van der Waals surface area (Å²) in [4.78, 5) is 22.9. The van der Waals surface area contributed by atoms with Crippen LogP contribution in [0.5, 0.6) is 0 Å². The Balaban J connectivity index is 2.10. The van der Waals surface area contributed by atoms with Crippen molar-refractivity contribution >= 4 is 29.0 Å². The summed E-state index contributed by atoms with van der Waals surface area (Å²) in [5.74, 6) is -1.46. The lowest BCUT2D eigenvalue weighted by Crippen LogP contribution is -2.12. The lowest BCUT2D eigenvalue weighted by atomic mass is 9.99. The predicted molar refractivity (Wildman–Crippen MR) is 74.9 cm³/mol. The molecule has 0 radical (unpaired) electrons. The van der Waals surface area contributed by atoms with Gasteiger partial charge in [-0.3, -0.25) is 9.59 Å². The van der Waals surface area contributed by atoms with Gasteiger partial charge in [0.2, 0.25) is 0 Å². The average Bonchev–Trinajstić information content (AvgIpc) is 2.73. The van der Waals surface area contributed by atoms with E-state index in [0.717, 1.165) is 12.1 Å². The average molecular weight is 326 g/mol. The predicted octanol–water partition coefficient (Wildman–Crippen LogP) is 4.16. The lowest BCUT2D eigenvalue weighted by molar-refractivity contribution is -0.137. The maximum atomic E-state index is 12.9. The second-order valence-corrected chi connectivity index (χ2v) is 5.14. The topological polar surface area (TPSA) is 46.2 Å². The van der Waals surface area contributed by atoms with Crippen molar-refractivity contribution in [1.82, 2.24) is 0 Å². The van der Waals surface area contributed by atoms with Crippen molar-refractivity contribution in [2.75, 3.05) is 5.32 Å². The van der Waals surface area contributed by atoms with Crippen LogP contribution in [-0.2, 0) is 11.0 Å². The Morgan fingerprint density at radius 2 is 1.59 bits per heavy atom. The molecular weight excluding hydrogens is 319 g/mol. The second kappa shape index (κ2) is 4.84. The van der Waals surface area contributed by atoms with E-state index in [4.69, 9.17) is 11.6 Å². The molecule has 1 heterocycles. The van der Waals surface area contributed by atoms with Crippen molar-refractivity contribution in [3.8, 4) is 11.1 Å². The first-order valence-electron chi connectivity index (χ1n) is 6.14. The summed E-state index contributed by atoms with van der Waals surface area (Å²) in [6, 6.07) is 7.89. The number of carbonyl (C=O) groups is 2. The molecule has 1 aliphatic rings. The first-order chi connectivity index (χ1) is 10.3. The first-order valence-corrected chi connectivity index (χ1v) is 6.52. The molecule has 0 fully saturated rings. The molecule has 2 aromatic carbocycles. The van der Waals surface area contributed by atoms with Crippen molar-refractivity contribution in [3.63, 3.8) is 0 Å². The zero-order chi connectivity index (χ0) is 16.1. The molecule has 2 aromatic rings. The number of alkyl halides is 3. The minimum absolute atomic E-state index is 0.144. The lowest BCUT2D eigenvalue weighted by Gasteiger charge is -2.11. The number of hydrogen-bond acceptors (Lipinski definition) is 2. The quantitative estimate of drug-likeness (QED) is 0.800. The molecule has 22 heavy (non-hydrogen) atoms. The highest BCUT2D eigenvalue weighted by Gasteiger charge is 2.33. The summed E-state index contributed by atoms with van der Waals surface area (Å²) in [5.41, 5.74) is 0.194. The maximum Gasteiger partial charge on any atom is 0.417 e. The highest BCUT2D eigenvalue weighted by molar-refractivity contribution is 6.51. The third-order valence-corrected chi connectivity index (χ3v) is 3.65. The van der Waals surface area contributed by atoms with Gasteiger partial charge in [0.1, 0.15) is 0 Å². The van der Waals surface area contributed by atoms with Crippen LogP contribution in [0.15, 0.2) is 36.4 Å². The smallest absolute Gasteiger partial charge is 0.318 e. The fourth-order valence-corrected chi connectivity index (χ4v) is 2.47. The van der Waals surface area contributed by atoms with E-state index in [2.05, 4.69) is 5.32 Å². The van der Waals surface area contributed by atoms with E-state index >= 15 is 0 Å². The van der Waals surface area contributed by atoms with Gasteiger partial charge in [0, 0.05) is 0 Å². The van der Waals surface area contributed by atoms with Gasteiger partial charge in [-0.25, -0.2) is 0 Å². The van der Waals surface area contributed by atoms with Crippen LogP contribution in [0.2, 0.25) is 5.02 Å². The second-order valence-electron chi connectivity index (χ2n) is 4.74. The van der Waals surface area contributed by atoms with E-state index in [1.165, 1.54) is 24.3 Å². The van der Waals surface area contributed by atoms with Gasteiger partial charge in [-0.05, 0) is 35.4 Å². The van der Waals surface area contributed by atoms with Gasteiger partial charge in [-0.1, -0.05) is 23.7 Å². The number of Topliss-reactive ketones (excluding diaryl/α,β-unsaturated/α-hetero) is 1. The Labute approximate surface area is 127 Å².